The number of hydrogen-bond acceptors (Lipinski definition) is 4. The molecule has 4 aromatic heterocycles. The number of nitrogens with zero attached hydrogens (tertiary/aromatic N) is 5. The van der Waals surface area contributed by atoms with Gasteiger partial charge in [0.15, 0.2) is 5.65 Å². The number of H-pyrrole nitrogens is 1. The van der Waals surface area contributed by atoms with Gasteiger partial charge in [-0.15, -0.1) is 0 Å². The first-order chi connectivity index (χ1) is 11.2. The van der Waals surface area contributed by atoms with Gasteiger partial charge in [-0.3, -0.25) is 14.9 Å². The molecule has 0 aliphatic carbocycles. The molecule has 0 aliphatic rings. The Balaban J connectivity index is 1.83. The molecule has 0 bridgehead atoms. The van der Waals surface area contributed by atoms with E-state index < -0.39 is 0 Å². The van der Waals surface area contributed by atoms with Crippen LogP contribution in [0.3, 0.4) is 0 Å². The van der Waals surface area contributed by atoms with Gasteiger partial charge in [-0.25, -0.2) is 14.5 Å². The van der Waals surface area contributed by atoms with Crippen molar-refractivity contribution in [2.75, 3.05) is 0 Å². The zero-order chi connectivity index (χ0) is 15.8. The molecule has 0 saturated carbocycles. The van der Waals surface area contributed by atoms with Gasteiger partial charge in [0, 0.05) is 30.7 Å². The molecule has 7 nitrogen and oxygen atoms in total. The van der Waals surface area contributed by atoms with E-state index in [-0.39, 0.29) is 11.6 Å². The number of fused-ring (bicyclic) bond motifs is 1. The summed E-state index contributed by atoms with van der Waals surface area (Å²) >= 11 is 0. The molecule has 4 rings (SSSR count). The van der Waals surface area contributed by atoms with Gasteiger partial charge in [-0.2, -0.15) is 0 Å². The number of imidazole rings is 1. The van der Waals surface area contributed by atoms with Crippen molar-refractivity contribution in [3.63, 3.8) is 0 Å². The lowest BCUT2D eigenvalue weighted by molar-refractivity contribution is 0.617. The minimum atomic E-state index is -0.154. The second-order valence-corrected chi connectivity index (χ2v) is 5.28. The summed E-state index contributed by atoms with van der Waals surface area (Å²) in [6, 6.07) is 8.93. The van der Waals surface area contributed by atoms with Crippen LogP contribution in [0.4, 0.5) is 0 Å². The van der Waals surface area contributed by atoms with Crippen LogP contribution in [-0.4, -0.2) is 29.1 Å². The standard InChI is InChI=1S/C16H14N6O/c1-11(21-7-6-17-10-21)13-9-16(23)22-15(19-13)8-14(20-22)12-4-2-3-5-18-12/h2-11,20H,1H3/t11-/m0/s1. The largest absolute Gasteiger partial charge is 0.329 e. The number of aromatic amines is 1. The van der Waals surface area contributed by atoms with Crippen molar-refractivity contribution >= 4 is 5.65 Å². The highest BCUT2D eigenvalue weighted by Gasteiger charge is 2.13. The smallest absolute Gasteiger partial charge is 0.272 e. The van der Waals surface area contributed by atoms with E-state index in [0.717, 1.165) is 11.4 Å². The second-order valence-electron chi connectivity index (χ2n) is 5.28. The third kappa shape index (κ3) is 2.32. The van der Waals surface area contributed by atoms with Crippen molar-refractivity contribution < 1.29 is 0 Å². The summed E-state index contributed by atoms with van der Waals surface area (Å²) in [6.07, 6.45) is 6.98. The van der Waals surface area contributed by atoms with Crippen LogP contribution in [0.2, 0.25) is 0 Å². The zero-order valence-electron chi connectivity index (χ0n) is 12.4. The maximum Gasteiger partial charge on any atom is 0.272 e. The topological polar surface area (TPSA) is 80.9 Å². The van der Waals surface area contributed by atoms with Crippen molar-refractivity contribution in [3.05, 3.63) is 71.3 Å². The van der Waals surface area contributed by atoms with Gasteiger partial charge in [0.2, 0.25) is 0 Å². The molecule has 4 aromatic rings. The Kier molecular flexibility index (Phi) is 3.04. The predicted molar refractivity (Wildman–Crippen MR) is 85.1 cm³/mol. The summed E-state index contributed by atoms with van der Waals surface area (Å²) in [5, 5.41) is 3.04. The lowest BCUT2D eigenvalue weighted by Crippen LogP contribution is -2.18. The van der Waals surface area contributed by atoms with E-state index in [9.17, 15) is 4.79 Å². The highest BCUT2D eigenvalue weighted by Crippen LogP contribution is 2.18. The van der Waals surface area contributed by atoms with Gasteiger partial charge in [0.1, 0.15) is 0 Å². The molecule has 0 unspecified atom stereocenters. The average Bonchev–Trinajstić information content (AvgIpc) is 3.24. The third-order valence-electron chi connectivity index (χ3n) is 3.81. The minimum Gasteiger partial charge on any atom is -0.329 e. The van der Waals surface area contributed by atoms with Crippen LogP contribution in [-0.2, 0) is 0 Å². The Labute approximate surface area is 131 Å². The molecule has 0 saturated heterocycles. The van der Waals surface area contributed by atoms with Gasteiger partial charge in [0.25, 0.3) is 5.56 Å². The van der Waals surface area contributed by atoms with Gasteiger partial charge < -0.3 is 4.57 Å². The molecule has 0 amide bonds. The molecule has 114 valence electrons. The lowest BCUT2D eigenvalue weighted by Gasteiger charge is -2.11. The normalized spacial score (nSPS) is 12.6. The molecule has 0 fully saturated rings. The van der Waals surface area contributed by atoms with Crippen molar-refractivity contribution in [3.8, 4) is 11.4 Å². The van der Waals surface area contributed by atoms with E-state index in [1.165, 1.54) is 10.6 Å². The fourth-order valence-electron chi connectivity index (χ4n) is 2.53. The summed E-state index contributed by atoms with van der Waals surface area (Å²) in [7, 11) is 0. The van der Waals surface area contributed by atoms with Crippen molar-refractivity contribution in [2.45, 2.75) is 13.0 Å². The van der Waals surface area contributed by atoms with E-state index in [4.69, 9.17) is 0 Å². The lowest BCUT2D eigenvalue weighted by atomic mass is 10.2. The number of rotatable bonds is 3. The summed E-state index contributed by atoms with van der Waals surface area (Å²) in [6.45, 7) is 1.98. The Bertz CT molecular complexity index is 1000. The molecular formula is C16H14N6O. The maximum absolute atomic E-state index is 12.4. The monoisotopic (exact) mass is 306 g/mol. The SMILES string of the molecule is C[C@@H](c1cc(=O)n2[nH]c(-c3ccccn3)cc2n1)n1ccnc1. The van der Waals surface area contributed by atoms with E-state index in [2.05, 4.69) is 20.1 Å². The van der Waals surface area contributed by atoms with Crippen LogP contribution in [0.15, 0.2) is 60.0 Å². The Hall–Kier alpha value is -3.22. The van der Waals surface area contributed by atoms with E-state index in [0.29, 0.717) is 11.3 Å². The fourth-order valence-corrected chi connectivity index (χ4v) is 2.53. The first-order valence-electron chi connectivity index (χ1n) is 7.24. The maximum atomic E-state index is 12.4. The van der Waals surface area contributed by atoms with Crippen LogP contribution in [0.5, 0.6) is 0 Å². The quantitative estimate of drug-likeness (QED) is 0.627. The second kappa shape index (κ2) is 5.20. The molecule has 1 N–H and O–H groups in total. The van der Waals surface area contributed by atoms with Crippen LogP contribution >= 0.6 is 0 Å². The van der Waals surface area contributed by atoms with E-state index in [1.54, 1.807) is 18.7 Å². The molecular weight excluding hydrogens is 292 g/mol. The van der Waals surface area contributed by atoms with Crippen LogP contribution in [0.25, 0.3) is 17.0 Å². The molecule has 7 heteroatoms. The number of nitrogens with one attached hydrogen (secondary N) is 1. The molecule has 4 heterocycles. The minimum absolute atomic E-state index is 0.0663. The first kappa shape index (κ1) is 13.4. The summed E-state index contributed by atoms with van der Waals surface area (Å²) in [5.74, 6) is 0. The van der Waals surface area contributed by atoms with Gasteiger partial charge >= 0.3 is 0 Å². The Morgan fingerprint density at radius 1 is 1.22 bits per heavy atom. The molecule has 0 aromatic carbocycles. The fraction of sp³-hybridized carbons (Fsp3) is 0.125. The van der Waals surface area contributed by atoms with Crippen molar-refractivity contribution in [1.29, 1.82) is 0 Å². The molecule has 0 spiro atoms. The van der Waals surface area contributed by atoms with E-state index >= 15 is 0 Å². The van der Waals surface area contributed by atoms with Crippen LogP contribution in [0.1, 0.15) is 18.7 Å². The van der Waals surface area contributed by atoms with Crippen LogP contribution in [0, 0.1) is 0 Å². The Morgan fingerprint density at radius 2 is 2.13 bits per heavy atom. The summed E-state index contributed by atoms with van der Waals surface area (Å²) < 4.78 is 3.33. The molecule has 23 heavy (non-hydrogen) atoms. The van der Waals surface area contributed by atoms with Gasteiger partial charge in [0.05, 0.1) is 29.5 Å². The first-order valence-corrected chi connectivity index (χ1v) is 7.24. The van der Waals surface area contributed by atoms with Crippen molar-refractivity contribution in [1.82, 2.24) is 29.1 Å². The average molecular weight is 306 g/mol. The summed E-state index contributed by atoms with van der Waals surface area (Å²) in [5.41, 5.74) is 2.63. The number of aromatic nitrogens is 6. The zero-order valence-corrected chi connectivity index (χ0v) is 12.4. The van der Waals surface area contributed by atoms with Crippen molar-refractivity contribution in [2.24, 2.45) is 0 Å². The molecule has 0 aliphatic heterocycles. The highest BCUT2D eigenvalue weighted by molar-refractivity contribution is 5.60. The number of hydrogen-bond donors (Lipinski definition) is 1. The van der Waals surface area contributed by atoms with E-state index in [1.807, 2.05) is 42.0 Å². The summed E-state index contributed by atoms with van der Waals surface area (Å²) in [4.78, 5) is 25.3. The number of pyridine rings is 1. The van der Waals surface area contributed by atoms with Crippen LogP contribution < -0.4 is 5.56 Å². The predicted octanol–water partition coefficient (Wildman–Crippen LogP) is 1.89. The van der Waals surface area contributed by atoms with Gasteiger partial charge in [-0.05, 0) is 19.1 Å². The highest BCUT2D eigenvalue weighted by atomic mass is 16.1. The molecule has 0 radical (unpaired) electrons. The third-order valence-corrected chi connectivity index (χ3v) is 3.81. The van der Waals surface area contributed by atoms with Gasteiger partial charge in [-0.1, -0.05) is 6.07 Å². The Morgan fingerprint density at radius 3 is 2.87 bits per heavy atom. The molecule has 1 atom stereocenters.